The van der Waals surface area contributed by atoms with Crippen molar-refractivity contribution in [1.82, 2.24) is 4.90 Å². The number of anilines is 2. The number of alkyl halides is 3. The Morgan fingerprint density at radius 3 is 2.24 bits per heavy atom. The highest BCUT2D eigenvalue weighted by atomic mass is 19.4. The summed E-state index contributed by atoms with van der Waals surface area (Å²) in [5.74, 6) is 0.357. The van der Waals surface area contributed by atoms with Crippen LogP contribution in [0.25, 0.3) is 0 Å². The first-order valence-electron chi connectivity index (χ1n) is 12.0. The van der Waals surface area contributed by atoms with Crippen molar-refractivity contribution < 1.29 is 18.0 Å². The van der Waals surface area contributed by atoms with Crippen LogP contribution in [0.3, 0.4) is 0 Å². The van der Waals surface area contributed by atoms with Crippen molar-refractivity contribution in [3.63, 3.8) is 0 Å². The summed E-state index contributed by atoms with van der Waals surface area (Å²) in [7, 11) is 0. The van der Waals surface area contributed by atoms with E-state index in [0.29, 0.717) is 17.3 Å². The minimum absolute atomic E-state index is 0.335. The zero-order chi connectivity index (χ0) is 23.0. The van der Waals surface area contributed by atoms with Crippen LogP contribution in [-0.4, -0.2) is 42.8 Å². The molecule has 0 bridgehead atoms. The van der Waals surface area contributed by atoms with Crippen LogP contribution >= 0.6 is 0 Å². The molecule has 7 heteroatoms. The smallest absolute Gasteiger partial charge is 0.299 e. The Labute approximate surface area is 193 Å². The predicted octanol–water partition coefficient (Wildman–Crippen LogP) is 6.32. The molecular weight excluding hydrogens is 427 g/mol. The van der Waals surface area contributed by atoms with E-state index in [2.05, 4.69) is 4.90 Å². The highest BCUT2D eigenvalue weighted by molar-refractivity contribution is 6.07. The number of hydrogen-bond donors (Lipinski definition) is 0. The number of carbonyl (C=O) groups excluding carboxylic acids is 1. The molecule has 2 aromatic rings. The van der Waals surface area contributed by atoms with Crippen LogP contribution in [0.1, 0.15) is 55.6 Å². The minimum Gasteiger partial charge on any atom is -0.299 e. The summed E-state index contributed by atoms with van der Waals surface area (Å²) < 4.78 is 42.1. The molecule has 176 valence electrons. The molecule has 3 fully saturated rings. The van der Waals surface area contributed by atoms with Gasteiger partial charge in [0.1, 0.15) is 0 Å². The summed E-state index contributed by atoms with van der Waals surface area (Å²) in [5, 5.41) is 0. The molecule has 1 unspecified atom stereocenters. The fraction of sp³-hybridized carbons (Fsp3) is 0.500. The van der Waals surface area contributed by atoms with E-state index in [1.807, 2.05) is 18.2 Å². The SMILES string of the molecule is O=C1N(c2ccc(CN3CCC3)cc2)CC(C(F)(F)F)N1c1cccc(C2CCCCC2)c1. The number of nitrogens with zero attached hydrogens (tertiary/aromatic N) is 3. The van der Waals surface area contributed by atoms with E-state index in [0.717, 1.165) is 61.3 Å². The van der Waals surface area contributed by atoms with E-state index in [4.69, 9.17) is 0 Å². The number of likely N-dealkylation sites (tertiary alicyclic amines) is 1. The van der Waals surface area contributed by atoms with Crippen LogP contribution in [0.15, 0.2) is 48.5 Å². The van der Waals surface area contributed by atoms with Gasteiger partial charge in [-0.3, -0.25) is 14.7 Å². The van der Waals surface area contributed by atoms with Crippen LogP contribution in [0, 0.1) is 0 Å². The highest BCUT2D eigenvalue weighted by Crippen LogP contribution is 2.39. The summed E-state index contributed by atoms with van der Waals surface area (Å²) in [6, 6.07) is 12.1. The molecule has 4 nitrogen and oxygen atoms in total. The van der Waals surface area contributed by atoms with Crippen LogP contribution in [-0.2, 0) is 6.54 Å². The quantitative estimate of drug-likeness (QED) is 0.526. The Morgan fingerprint density at radius 2 is 1.61 bits per heavy atom. The van der Waals surface area contributed by atoms with Gasteiger partial charge in [-0.15, -0.1) is 0 Å². The third-order valence-corrected chi connectivity index (χ3v) is 7.31. The molecule has 2 aliphatic heterocycles. The number of halogens is 3. The van der Waals surface area contributed by atoms with E-state index in [1.54, 1.807) is 30.3 Å². The molecule has 2 amide bonds. The van der Waals surface area contributed by atoms with E-state index in [9.17, 15) is 18.0 Å². The number of rotatable bonds is 5. The van der Waals surface area contributed by atoms with Gasteiger partial charge in [0.15, 0.2) is 6.04 Å². The molecule has 0 N–H and O–H groups in total. The van der Waals surface area contributed by atoms with Gasteiger partial charge in [0.05, 0.1) is 6.54 Å². The third-order valence-electron chi connectivity index (χ3n) is 7.31. The lowest BCUT2D eigenvalue weighted by Gasteiger charge is -2.30. The Morgan fingerprint density at radius 1 is 0.879 bits per heavy atom. The van der Waals surface area contributed by atoms with Gasteiger partial charge in [0, 0.05) is 17.9 Å². The second-order valence-corrected chi connectivity index (χ2v) is 9.55. The number of benzene rings is 2. The van der Waals surface area contributed by atoms with Crippen LogP contribution in [0.5, 0.6) is 0 Å². The molecule has 0 aromatic heterocycles. The Bertz CT molecular complexity index is 981. The lowest BCUT2D eigenvalue weighted by Crippen LogP contribution is -2.44. The lowest BCUT2D eigenvalue weighted by atomic mass is 9.84. The van der Waals surface area contributed by atoms with Crippen LogP contribution in [0.2, 0.25) is 0 Å². The average molecular weight is 458 g/mol. The minimum atomic E-state index is -4.51. The van der Waals surface area contributed by atoms with E-state index in [1.165, 1.54) is 17.7 Å². The number of hydrogen-bond acceptors (Lipinski definition) is 2. The van der Waals surface area contributed by atoms with Crippen molar-refractivity contribution >= 4 is 17.4 Å². The maximum Gasteiger partial charge on any atom is 0.411 e. The molecule has 2 heterocycles. The molecular formula is C26H30F3N3O. The normalized spacial score (nSPS) is 22.6. The maximum atomic E-state index is 14.0. The second-order valence-electron chi connectivity index (χ2n) is 9.55. The van der Waals surface area contributed by atoms with Crippen LogP contribution in [0.4, 0.5) is 29.3 Å². The molecule has 5 rings (SSSR count). The van der Waals surface area contributed by atoms with E-state index < -0.39 is 24.8 Å². The van der Waals surface area contributed by atoms with Gasteiger partial charge in [-0.1, -0.05) is 43.5 Å². The van der Waals surface area contributed by atoms with Gasteiger partial charge in [-0.25, -0.2) is 4.79 Å². The number of amides is 2. The largest absolute Gasteiger partial charge is 0.411 e. The van der Waals surface area contributed by atoms with Gasteiger partial charge in [0.25, 0.3) is 0 Å². The molecule has 1 atom stereocenters. The van der Waals surface area contributed by atoms with Gasteiger partial charge in [-0.2, -0.15) is 13.2 Å². The van der Waals surface area contributed by atoms with E-state index in [-0.39, 0.29) is 0 Å². The Hall–Kier alpha value is -2.54. The van der Waals surface area contributed by atoms with Crippen molar-refractivity contribution in [3.05, 3.63) is 59.7 Å². The molecule has 1 aliphatic carbocycles. The molecule has 1 saturated carbocycles. The van der Waals surface area contributed by atoms with Crippen molar-refractivity contribution in [3.8, 4) is 0 Å². The summed E-state index contributed by atoms with van der Waals surface area (Å²) in [6.07, 6.45) is 2.29. The fourth-order valence-electron chi connectivity index (χ4n) is 5.30. The zero-order valence-corrected chi connectivity index (χ0v) is 18.7. The topological polar surface area (TPSA) is 26.8 Å². The third kappa shape index (κ3) is 4.60. The lowest BCUT2D eigenvalue weighted by molar-refractivity contribution is -0.142. The monoisotopic (exact) mass is 457 g/mol. The Balaban J connectivity index is 1.40. The number of carbonyl (C=O) groups is 1. The van der Waals surface area contributed by atoms with Gasteiger partial charge < -0.3 is 0 Å². The number of urea groups is 1. The predicted molar refractivity (Wildman–Crippen MR) is 124 cm³/mol. The highest BCUT2D eigenvalue weighted by Gasteiger charge is 2.53. The summed E-state index contributed by atoms with van der Waals surface area (Å²) in [5.41, 5.74) is 2.99. The first kappa shape index (κ1) is 22.3. The molecule has 3 aliphatic rings. The maximum absolute atomic E-state index is 14.0. The standard InChI is InChI=1S/C26H30F3N3O/c27-26(28,29)24-18-31(22-12-10-19(11-13-22)17-30-14-5-15-30)25(33)32(24)23-9-4-8-21(16-23)20-6-2-1-3-7-20/h4,8-13,16,20,24H,1-3,5-7,14-15,17-18H2. The van der Waals surface area contributed by atoms with Crippen molar-refractivity contribution in [2.24, 2.45) is 0 Å². The molecule has 0 radical (unpaired) electrons. The molecule has 33 heavy (non-hydrogen) atoms. The first-order valence-corrected chi connectivity index (χ1v) is 12.0. The summed E-state index contributed by atoms with van der Waals surface area (Å²) in [6.45, 7) is 2.59. The van der Waals surface area contributed by atoms with E-state index >= 15 is 0 Å². The molecule has 2 aromatic carbocycles. The van der Waals surface area contributed by atoms with Gasteiger partial charge >= 0.3 is 12.2 Å². The van der Waals surface area contributed by atoms with Gasteiger partial charge in [-0.05, 0) is 73.7 Å². The average Bonchev–Trinajstić information content (AvgIpc) is 3.15. The van der Waals surface area contributed by atoms with Crippen molar-refractivity contribution in [2.45, 2.75) is 63.2 Å². The Kier molecular flexibility index (Phi) is 6.08. The zero-order valence-electron chi connectivity index (χ0n) is 18.7. The molecule has 0 spiro atoms. The fourth-order valence-corrected chi connectivity index (χ4v) is 5.30. The second kappa shape index (κ2) is 9.01. The first-order chi connectivity index (χ1) is 15.9. The molecule has 2 saturated heterocycles. The summed E-state index contributed by atoms with van der Waals surface area (Å²) >= 11 is 0. The van der Waals surface area contributed by atoms with Crippen molar-refractivity contribution in [1.29, 1.82) is 0 Å². The van der Waals surface area contributed by atoms with Crippen LogP contribution < -0.4 is 9.80 Å². The van der Waals surface area contributed by atoms with Gasteiger partial charge in [0.2, 0.25) is 0 Å². The summed E-state index contributed by atoms with van der Waals surface area (Å²) in [4.78, 5) is 17.8. The van der Waals surface area contributed by atoms with Crippen molar-refractivity contribution in [2.75, 3.05) is 29.4 Å².